The summed E-state index contributed by atoms with van der Waals surface area (Å²) >= 11 is 8.28. The maximum Gasteiger partial charge on any atom is 0.161 e. The van der Waals surface area contributed by atoms with E-state index in [0.717, 1.165) is 22.1 Å². The zero-order chi connectivity index (χ0) is 12.3. The summed E-state index contributed by atoms with van der Waals surface area (Å²) in [6.45, 7) is 6.08. The molecule has 16 heavy (non-hydrogen) atoms. The molecule has 0 fully saturated rings. The quantitative estimate of drug-likeness (QED) is 0.612. The molecule has 1 unspecified atom stereocenters. The molecule has 0 aliphatic rings. The molecular formula is C11H16ClIN2O. The van der Waals surface area contributed by atoms with Crippen LogP contribution in [0.25, 0.3) is 0 Å². The lowest BCUT2D eigenvalue weighted by atomic mass is 10.0. The molecule has 1 aromatic heterocycles. The lowest BCUT2D eigenvalue weighted by molar-refractivity contribution is -0.00917. The Bertz CT molecular complexity index is 380. The van der Waals surface area contributed by atoms with E-state index in [1.54, 1.807) is 7.11 Å². The van der Waals surface area contributed by atoms with Crippen LogP contribution in [-0.2, 0) is 16.8 Å². The Morgan fingerprint density at radius 1 is 1.38 bits per heavy atom. The molecule has 0 aliphatic heterocycles. The number of aromatic nitrogens is 2. The molecule has 0 amide bonds. The molecule has 90 valence electrons. The van der Waals surface area contributed by atoms with Crippen molar-refractivity contribution in [2.75, 3.05) is 7.11 Å². The highest BCUT2D eigenvalue weighted by atomic mass is 127. The monoisotopic (exact) mass is 354 g/mol. The zero-order valence-electron chi connectivity index (χ0n) is 9.97. The summed E-state index contributed by atoms with van der Waals surface area (Å²) in [5.74, 6) is 0.666. The Labute approximate surface area is 115 Å². The first-order valence-electron chi connectivity index (χ1n) is 5.26. The van der Waals surface area contributed by atoms with Crippen molar-refractivity contribution in [3.05, 3.63) is 20.2 Å². The SMILES string of the molecule is CCc1nc(C(C)(CC)OC)nc(Cl)c1I. The number of nitrogens with zero attached hydrogens (tertiary/aromatic N) is 2. The Morgan fingerprint density at radius 3 is 2.44 bits per heavy atom. The van der Waals surface area contributed by atoms with Crippen LogP contribution in [0, 0.1) is 3.57 Å². The predicted molar refractivity (Wildman–Crippen MR) is 73.8 cm³/mol. The van der Waals surface area contributed by atoms with Crippen molar-refractivity contribution < 1.29 is 4.74 Å². The van der Waals surface area contributed by atoms with E-state index in [2.05, 4.69) is 39.5 Å². The smallest absolute Gasteiger partial charge is 0.161 e. The molecule has 1 aromatic rings. The van der Waals surface area contributed by atoms with Crippen LogP contribution in [0.2, 0.25) is 5.15 Å². The summed E-state index contributed by atoms with van der Waals surface area (Å²) in [5.41, 5.74) is 0.519. The van der Waals surface area contributed by atoms with Gasteiger partial charge in [-0.3, -0.25) is 0 Å². The minimum absolute atomic E-state index is 0.460. The lowest BCUT2D eigenvalue weighted by Crippen LogP contribution is -2.27. The molecule has 0 aromatic carbocycles. The van der Waals surface area contributed by atoms with E-state index in [1.807, 2.05) is 13.8 Å². The molecule has 5 heteroatoms. The van der Waals surface area contributed by atoms with Gasteiger partial charge < -0.3 is 4.74 Å². The Morgan fingerprint density at radius 2 is 2.00 bits per heavy atom. The maximum absolute atomic E-state index is 6.10. The van der Waals surface area contributed by atoms with E-state index < -0.39 is 5.60 Å². The first kappa shape index (κ1) is 14.1. The second-order valence-electron chi connectivity index (χ2n) is 3.74. The van der Waals surface area contributed by atoms with Gasteiger partial charge in [0, 0.05) is 7.11 Å². The summed E-state index contributed by atoms with van der Waals surface area (Å²) in [5, 5.41) is 0.513. The van der Waals surface area contributed by atoms with Crippen LogP contribution in [0.4, 0.5) is 0 Å². The summed E-state index contributed by atoms with van der Waals surface area (Å²) in [6, 6.07) is 0. The van der Waals surface area contributed by atoms with Crippen molar-refractivity contribution in [3.8, 4) is 0 Å². The number of ether oxygens (including phenoxy) is 1. The molecule has 0 saturated carbocycles. The molecule has 1 rings (SSSR count). The minimum atomic E-state index is -0.460. The molecule has 1 heterocycles. The highest BCUT2D eigenvalue weighted by Crippen LogP contribution is 2.28. The van der Waals surface area contributed by atoms with E-state index in [1.165, 1.54) is 0 Å². The molecular weight excluding hydrogens is 338 g/mol. The van der Waals surface area contributed by atoms with Gasteiger partial charge in [0.05, 0.1) is 9.26 Å². The van der Waals surface area contributed by atoms with Gasteiger partial charge in [-0.05, 0) is 42.4 Å². The van der Waals surface area contributed by atoms with Crippen LogP contribution in [0.3, 0.4) is 0 Å². The number of hydrogen-bond donors (Lipinski definition) is 0. The highest BCUT2D eigenvalue weighted by Gasteiger charge is 2.28. The fourth-order valence-electron chi connectivity index (χ4n) is 1.33. The Hall–Kier alpha value is 0.0600. The first-order valence-corrected chi connectivity index (χ1v) is 6.71. The van der Waals surface area contributed by atoms with Crippen LogP contribution < -0.4 is 0 Å². The van der Waals surface area contributed by atoms with Crippen molar-refractivity contribution in [2.45, 2.75) is 39.2 Å². The number of methoxy groups -OCH3 is 1. The van der Waals surface area contributed by atoms with E-state index in [9.17, 15) is 0 Å². The van der Waals surface area contributed by atoms with Gasteiger partial charge in [-0.2, -0.15) is 0 Å². The second-order valence-corrected chi connectivity index (χ2v) is 5.18. The summed E-state index contributed by atoms with van der Waals surface area (Å²) in [4.78, 5) is 8.85. The predicted octanol–water partition coefficient (Wildman–Crippen LogP) is 3.57. The summed E-state index contributed by atoms with van der Waals surface area (Å²) < 4.78 is 6.41. The van der Waals surface area contributed by atoms with E-state index in [-0.39, 0.29) is 0 Å². The molecule has 0 N–H and O–H groups in total. The Kier molecular flexibility index (Phi) is 4.94. The molecule has 0 saturated heterocycles. The molecule has 0 radical (unpaired) electrons. The number of halogens is 2. The third-order valence-corrected chi connectivity index (χ3v) is 4.54. The molecule has 1 atom stereocenters. The van der Waals surface area contributed by atoms with Crippen molar-refractivity contribution >= 4 is 34.2 Å². The standard InChI is InChI=1S/C11H16ClIN2O/c1-5-7-8(13)9(12)15-10(14-7)11(3,6-2)16-4/h5-6H2,1-4H3. The number of aryl methyl sites for hydroxylation is 1. The van der Waals surface area contributed by atoms with Gasteiger partial charge in [0.2, 0.25) is 0 Å². The van der Waals surface area contributed by atoms with Crippen LogP contribution in [-0.4, -0.2) is 17.1 Å². The van der Waals surface area contributed by atoms with Crippen molar-refractivity contribution in [2.24, 2.45) is 0 Å². The lowest BCUT2D eigenvalue weighted by Gasteiger charge is -2.25. The molecule has 0 bridgehead atoms. The largest absolute Gasteiger partial charge is 0.371 e. The van der Waals surface area contributed by atoms with Gasteiger partial charge in [0.25, 0.3) is 0 Å². The average molecular weight is 355 g/mol. The van der Waals surface area contributed by atoms with Crippen LogP contribution in [0.15, 0.2) is 0 Å². The van der Waals surface area contributed by atoms with Gasteiger partial charge in [0.1, 0.15) is 10.8 Å². The van der Waals surface area contributed by atoms with Crippen molar-refractivity contribution in [3.63, 3.8) is 0 Å². The van der Waals surface area contributed by atoms with Gasteiger partial charge in [0.15, 0.2) is 5.82 Å². The van der Waals surface area contributed by atoms with Crippen LogP contribution >= 0.6 is 34.2 Å². The van der Waals surface area contributed by atoms with Gasteiger partial charge in [-0.1, -0.05) is 25.4 Å². The van der Waals surface area contributed by atoms with E-state index in [4.69, 9.17) is 16.3 Å². The Balaban J connectivity index is 3.30. The molecule has 3 nitrogen and oxygen atoms in total. The maximum atomic E-state index is 6.10. The average Bonchev–Trinajstić information content (AvgIpc) is 2.31. The fourth-order valence-corrected chi connectivity index (χ4v) is 2.14. The van der Waals surface area contributed by atoms with Crippen molar-refractivity contribution in [1.29, 1.82) is 0 Å². The minimum Gasteiger partial charge on any atom is -0.371 e. The number of hydrogen-bond acceptors (Lipinski definition) is 3. The highest BCUT2D eigenvalue weighted by molar-refractivity contribution is 14.1. The summed E-state index contributed by atoms with van der Waals surface area (Å²) in [6.07, 6.45) is 1.65. The third kappa shape index (κ3) is 2.65. The van der Waals surface area contributed by atoms with Crippen LogP contribution in [0.5, 0.6) is 0 Å². The third-order valence-electron chi connectivity index (χ3n) is 2.81. The number of rotatable bonds is 4. The van der Waals surface area contributed by atoms with Crippen LogP contribution in [0.1, 0.15) is 38.7 Å². The topological polar surface area (TPSA) is 35.0 Å². The normalized spacial score (nSPS) is 14.9. The van der Waals surface area contributed by atoms with Crippen molar-refractivity contribution in [1.82, 2.24) is 9.97 Å². The molecule has 0 spiro atoms. The van der Waals surface area contributed by atoms with Gasteiger partial charge >= 0.3 is 0 Å². The second kappa shape index (κ2) is 5.60. The fraction of sp³-hybridized carbons (Fsp3) is 0.636. The van der Waals surface area contributed by atoms with E-state index >= 15 is 0 Å². The van der Waals surface area contributed by atoms with E-state index in [0.29, 0.717) is 11.0 Å². The molecule has 0 aliphatic carbocycles. The van der Waals surface area contributed by atoms with Gasteiger partial charge in [-0.15, -0.1) is 0 Å². The summed E-state index contributed by atoms with van der Waals surface area (Å²) in [7, 11) is 1.67. The first-order chi connectivity index (χ1) is 7.48. The van der Waals surface area contributed by atoms with Gasteiger partial charge in [-0.25, -0.2) is 9.97 Å². The zero-order valence-corrected chi connectivity index (χ0v) is 12.9.